The molecule has 12 unspecified atom stereocenters. The van der Waals surface area contributed by atoms with Crippen molar-refractivity contribution in [2.45, 2.75) is 162 Å². The lowest BCUT2D eigenvalue weighted by Crippen LogP contribution is -2.69. The molecule has 0 radical (unpaired) electrons. The van der Waals surface area contributed by atoms with Crippen molar-refractivity contribution in [3.63, 3.8) is 0 Å². The Morgan fingerprint density at radius 1 is 0.942 bits per heavy atom. The number of fused-ring (bicyclic) bond motifs is 9. The Hall–Kier alpha value is -1.45. The van der Waals surface area contributed by atoms with Crippen LogP contribution < -0.4 is 5.32 Å². The minimum absolute atomic E-state index is 0.107. The van der Waals surface area contributed by atoms with E-state index in [9.17, 15) is 23.1 Å². The van der Waals surface area contributed by atoms with Gasteiger partial charge < -0.3 is 15.2 Å². The van der Waals surface area contributed by atoms with Gasteiger partial charge in [-0.1, -0.05) is 53.7 Å². The Morgan fingerprint density at radius 3 is 2.31 bits per heavy atom. The summed E-state index contributed by atoms with van der Waals surface area (Å²) in [5.41, 5.74) is 0.846. The summed E-state index contributed by atoms with van der Waals surface area (Å²) in [6, 6.07) is 0.207. The number of hydrogen-bond donors (Lipinski definition) is 2. The number of allylic oxidation sites excluding steroid dienone is 1. The summed E-state index contributed by atoms with van der Waals surface area (Å²) in [5.74, 6) is 1.82. The number of carboxylic acids is 1. The van der Waals surface area contributed by atoms with Crippen LogP contribution in [0.1, 0.15) is 139 Å². The number of carboxylic acid groups (broad SMARTS) is 1. The van der Waals surface area contributed by atoms with E-state index in [4.69, 9.17) is 11.3 Å². The Labute approximate surface area is 315 Å². The highest BCUT2D eigenvalue weighted by molar-refractivity contribution is 7.92. The van der Waals surface area contributed by atoms with Crippen molar-refractivity contribution in [2.75, 3.05) is 25.4 Å². The molecule has 0 aromatic heterocycles. The molecule has 2 heterocycles. The first-order valence-electron chi connectivity index (χ1n) is 21.0. The summed E-state index contributed by atoms with van der Waals surface area (Å²) in [7, 11) is -2.88. The highest BCUT2D eigenvalue weighted by Crippen LogP contribution is 2.76. The molecular formula is C43H70N2O6S. The van der Waals surface area contributed by atoms with E-state index in [2.05, 4.69) is 51.8 Å². The molecule has 52 heavy (non-hydrogen) atoms. The zero-order chi connectivity index (χ0) is 37.9. The van der Waals surface area contributed by atoms with Gasteiger partial charge in [0, 0.05) is 36.6 Å². The highest BCUT2D eigenvalue weighted by atomic mass is 32.2. The number of esters is 1. The molecule has 12 atom stereocenters. The molecule has 7 aliphatic rings. The number of rotatable bonds is 10. The lowest BCUT2D eigenvalue weighted by atomic mass is 9.32. The lowest BCUT2D eigenvalue weighted by molar-refractivity contribution is -0.246. The van der Waals surface area contributed by atoms with Crippen LogP contribution in [0, 0.1) is 56.7 Å². The largest absolute Gasteiger partial charge is 0.481 e. The summed E-state index contributed by atoms with van der Waals surface area (Å²) in [6.45, 7) is 25.4. The molecule has 2 saturated heterocycles. The first kappa shape index (κ1) is 38.8. The molecule has 2 aliphatic heterocycles. The molecular weight excluding hydrogens is 673 g/mol. The lowest BCUT2D eigenvalue weighted by Gasteiger charge is -2.73. The Balaban J connectivity index is 1.10. The van der Waals surface area contributed by atoms with Crippen LogP contribution in [0.3, 0.4) is 0 Å². The third-order valence-corrected chi connectivity index (χ3v) is 20.3. The fourth-order valence-corrected chi connectivity index (χ4v) is 17.0. The molecule has 5 aliphatic carbocycles. The molecule has 7 rings (SSSR count). The third-order valence-electron chi connectivity index (χ3n) is 18.1. The number of ether oxygens (including phenoxy) is 1. The van der Waals surface area contributed by atoms with Crippen molar-refractivity contribution in [1.29, 1.82) is 0 Å². The first-order valence-corrected chi connectivity index (χ1v) is 22.7. The molecule has 5 saturated carbocycles. The van der Waals surface area contributed by atoms with Gasteiger partial charge in [-0.15, -0.1) is 0 Å². The van der Waals surface area contributed by atoms with Crippen LogP contribution >= 0.6 is 0 Å². The summed E-state index contributed by atoms with van der Waals surface area (Å²) >= 11 is 0. The Kier molecular flexibility index (Phi) is 9.55. The average molecular weight is 743 g/mol. The van der Waals surface area contributed by atoms with Gasteiger partial charge in [-0.25, -0.2) is 8.42 Å². The van der Waals surface area contributed by atoms with Crippen LogP contribution in [0.4, 0.5) is 0 Å². The number of nitrogens with one attached hydrogen (secondary N) is 1. The minimum atomic E-state index is -2.88. The van der Waals surface area contributed by atoms with Crippen LogP contribution in [0.25, 0.3) is 0 Å². The smallest absolute Gasteiger partial charge is 0.309 e. The summed E-state index contributed by atoms with van der Waals surface area (Å²) < 4.78 is 31.0. The molecule has 7 fully saturated rings. The molecule has 0 aromatic carbocycles. The van der Waals surface area contributed by atoms with E-state index in [1.165, 1.54) is 50.5 Å². The Bertz CT molecular complexity index is 1570. The van der Waals surface area contributed by atoms with Crippen LogP contribution in [0.2, 0.25) is 0 Å². The number of carbonyl (C=O) groups is 2. The van der Waals surface area contributed by atoms with Crippen molar-refractivity contribution < 1.29 is 27.9 Å². The molecule has 0 spiro atoms. The zero-order valence-electron chi connectivity index (χ0n) is 33.7. The normalized spacial score (nSPS) is 46.1. The second kappa shape index (κ2) is 12.8. The number of nitrogens with zero attached hydrogens (tertiary/aromatic N) is 1. The van der Waals surface area contributed by atoms with E-state index >= 15 is 0 Å². The first-order chi connectivity index (χ1) is 24.2. The molecule has 8 nitrogen and oxygen atoms in total. The second-order valence-corrected chi connectivity index (χ2v) is 23.3. The molecule has 0 amide bonds. The fraction of sp³-hybridized carbons (Fsp3) is 0.907. The van der Waals surface area contributed by atoms with Gasteiger partial charge in [-0.3, -0.25) is 14.5 Å². The van der Waals surface area contributed by atoms with Crippen LogP contribution in [0.5, 0.6) is 0 Å². The van der Waals surface area contributed by atoms with E-state index in [0.29, 0.717) is 41.9 Å². The van der Waals surface area contributed by atoms with Crippen molar-refractivity contribution in [3.05, 3.63) is 12.2 Å². The monoisotopic (exact) mass is 742 g/mol. The number of aliphatic carboxylic acids is 1. The summed E-state index contributed by atoms with van der Waals surface area (Å²) in [5, 5.41) is 13.7. The molecule has 2 bridgehead atoms. The van der Waals surface area contributed by atoms with Gasteiger partial charge >= 0.3 is 11.9 Å². The standard InChI is InChI=1S/C43H70N2O6S/c1-10-27(2)30-13-18-43(44-21-22-45-25-29-23-28(45)26-52(29,49)50)20-19-41(8)31(36(30)43)11-12-33-40(7)16-15-34(51-35(46)24-38(3,4)37(47)48)39(5,6)32(40)14-17-42(33,41)9/h28-34,36,44H,2,10-26H2,1,3-9H3,(H,47,48). The van der Waals surface area contributed by atoms with E-state index < -0.39 is 21.2 Å². The maximum Gasteiger partial charge on any atom is 0.309 e. The Morgan fingerprint density at radius 2 is 1.67 bits per heavy atom. The van der Waals surface area contributed by atoms with E-state index in [-0.39, 0.29) is 57.0 Å². The summed E-state index contributed by atoms with van der Waals surface area (Å²) in [6.07, 6.45) is 13.2. The van der Waals surface area contributed by atoms with Gasteiger partial charge in [-0.2, -0.15) is 0 Å². The zero-order valence-corrected chi connectivity index (χ0v) is 34.5. The van der Waals surface area contributed by atoms with E-state index in [1.807, 2.05) is 0 Å². The molecule has 0 aromatic rings. The molecule has 294 valence electrons. The predicted molar refractivity (Wildman–Crippen MR) is 205 cm³/mol. The van der Waals surface area contributed by atoms with Gasteiger partial charge in [0.1, 0.15) is 6.10 Å². The SMILES string of the molecule is C=C(CC)C1CCC2(NCCN3CC4CC3CS4(=O)=O)CCC3(C)C(CCC4C5(C)CCC(OC(=O)CC(C)(C)C(=O)O)C(C)(C)C5CCC43C)C12. The molecule has 9 heteroatoms. The fourth-order valence-electron chi connectivity index (χ4n) is 14.9. The average Bonchev–Trinajstić information content (AvgIpc) is 3.72. The highest BCUT2D eigenvalue weighted by Gasteiger charge is 2.71. The number of sulfone groups is 1. The number of carbonyl (C=O) groups excluding carboxylic acids is 1. The summed E-state index contributed by atoms with van der Waals surface area (Å²) in [4.78, 5) is 27.3. The van der Waals surface area contributed by atoms with Gasteiger partial charge in [0.05, 0.1) is 22.8 Å². The van der Waals surface area contributed by atoms with Gasteiger partial charge in [0.2, 0.25) is 0 Å². The van der Waals surface area contributed by atoms with Gasteiger partial charge in [0.15, 0.2) is 9.84 Å². The van der Waals surface area contributed by atoms with Gasteiger partial charge in [0.25, 0.3) is 0 Å². The topological polar surface area (TPSA) is 113 Å². The van der Waals surface area contributed by atoms with Crippen molar-refractivity contribution >= 4 is 21.8 Å². The number of hydrogen-bond acceptors (Lipinski definition) is 7. The second-order valence-electron chi connectivity index (χ2n) is 21.0. The number of likely N-dealkylation sites (tertiary alicyclic amines) is 1. The predicted octanol–water partition coefficient (Wildman–Crippen LogP) is 7.66. The van der Waals surface area contributed by atoms with Crippen LogP contribution in [0.15, 0.2) is 12.2 Å². The van der Waals surface area contributed by atoms with Crippen molar-refractivity contribution in [3.8, 4) is 0 Å². The van der Waals surface area contributed by atoms with Crippen LogP contribution in [-0.4, -0.2) is 78.7 Å². The van der Waals surface area contributed by atoms with Crippen LogP contribution in [-0.2, 0) is 24.2 Å². The quantitative estimate of drug-likeness (QED) is 0.173. The van der Waals surface area contributed by atoms with Crippen molar-refractivity contribution in [1.82, 2.24) is 10.2 Å². The third kappa shape index (κ3) is 5.72. The van der Waals surface area contributed by atoms with Gasteiger partial charge in [-0.05, 0) is 137 Å². The van der Waals surface area contributed by atoms with E-state index in [0.717, 1.165) is 45.2 Å². The molecule has 2 N–H and O–H groups in total. The minimum Gasteiger partial charge on any atom is -0.481 e. The maximum atomic E-state index is 13.1. The van der Waals surface area contributed by atoms with Crippen molar-refractivity contribution in [2.24, 2.45) is 56.7 Å². The maximum absolute atomic E-state index is 13.1. The van der Waals surface area contributed by atoms with E-state index in [1.54, 1.807) is 13.8 Å².